The number of carbonyl (C=O) groups excluding carboxylic acids is 1. The van der Waals surface area contributed by atoms with Gasteiger partial charge in [-0.3, -0.25) is 4.79 Å². The van der Waals surface area contributed by atoms with E-state index >= 15 is 0 Å². The molecule has 0 fully saturated rings. The molecule has 0 radical (unpaired) electrons. The van der Waals surface area contributed by atoms with Crippen LogP contribution in [0.4, 0.5) is 5.13 Å². The van der Waals surface area contributed by atoms with Crippen LogP contribution in [0.15, 0.2) is 83.3 Å². The fraction of sp³-hybridized carbons (Fsp3) is 0.179. The third-order valence-corrected chi connectivity index (χ3v) is 7.71. The molecule has 2 heterocycles. The van der Waals surface area contributed by atoms with Crippen molar-refractivity contribution >= 4 is 45.2 Å². The average molecular weight is 499 g/mol. The number of carbonyl (C=O) groups is 1. The van der Waals surface area contributed by atoms with Gasteiger partial charge in [-0.25, -0.2) is 9.97 Å². The van der Waals surface area contributed by atoms with Crippen LogP contribution < -0.4 is 5.32 Å². The minimum Gasteiger partial charge on any atom is -0.319 e. The number of rotatable bonds is 8. The van der Waals surface area contributed by atoms with Gasteiger partial charge in [0.25, 0.3) is 0 Å². The normalized spacial score (nSPS) is 11.1. The van der Waals surface area contributed by atoms with Crippen LogP contribution in [-0.4, -0.2) is 26.2 Å². The molecule has 3 aromatic carbocycles. The molecule has 0 aliphatic rings. The van der Waals surface area contributed by atoms with E-state index in [1.54, 1.807) is 0 Å². The molecule has 5 rings (SSSR count). The van der Waals surface area contributed by atoms with Crippen molar-refractivity contribution in [3.8, 4) is 11.3 Å². The van der Waals surface area contributed by atoms with Crippen molar-refractivity contribution in [2.45, 2.75) is 32.0 Å². The number of fused-ring (bicyclic) bond motifs is 1. The number of imidazole rings is 1. The zero-order valence-electron chi connectivity index (χ0n) is 19.7. The van der Waals surface area contributed by atoms with E-state index in [1.165, 1.54) is 39.8 Å². The van der Waals surface area contributed by atoms with Crippen molar-refractivity contribution in [2.75, 3.05) is 11.1 Å². The van der Waals surface area contributed by atoms with Gasteiger partial charge in [0.2, 0.25) is 5.91 Å². The first-order chi connectivity index (χ1) is 17.1. The molecule has 0 spiro atoms. The first-order valence-corrected chi connectivity index (χ1v) is 13.4. The van der Waals surface area contributed by atoms with E-state index in [9.17, 15) is 4.79 Å². The summed E-state index contributed by atoms with van der Waals surface area (Å²) in [7, 11) is 0. The van der Waals surface area contributed by atoms with E-state index in [0.29, 0.717) is 5.13 Å². The highest BCUT2D eigenvalue weighted by Gasteiger charge is 2.14. The number of benzene rings is 3. The molecule has 0 bridgehead atoms. The zero-order chi connectivity index (χ0) is 24.2. The topological polar surface area (TPSA) is 59.8 Å². The van der Waals surface area contributed by atoms with Crippen LogP contribution in [0, 0.1) is 13.8 Å². The van der Waals surface area contributed by atoms with Gasteiger partial charge in [-0.05, 0) is 55.2 Å². The highest BCUT2D eigenvalue weighted by Crippen LogP contribution is 2.28. The Bertz CT molecular complexity index is 1470. The Morgan fingerprint density at radius 2 is 1.77 bits per heavy atom. The van der Waals surface area contributed by atoms with Crippen molar-refractivity contribution in [2.24, 2.45) is 0 Å². The molecule has 176 valence electrons. The van der Waals surface area contributed by atoms with E-state index < -0.39 is 0 Å². The maximum atomic E-state index is 12.7. The fourth-order valence-corrected chi connectivity index (χ4v) is 5.49. The predicted molar refractivity (Wildman–Crippen MR) is 146 cm³/mol. The van der Waals surface area contributed by atoms with Crippen LogP contribution in [0.2, 0.25) is 0 Å². The fourth-order valence-electron chi connectivity index (χ4n) is 3.92. The Kier molecular flexibility index (Phi) is 6.97. The summed E-state index contributed by atoms with van der Waals surface area (Å²) in [5, 5.41) is 6.40. The quantitative estimate of drug-likeness (QED) is 0.240. The van der Waals surface area contributed by atoms with E-state index in [1.807, 2.05) is 29.6 Å². The summed E-state index contributed by atoms with van der Waals surface area (Å²) in [6.07, 6.45) is 0.904. The summed E-state index contributed by atoms with van der Waals surface area (Å²) >= 11 is 2.90. The van der Waals surface area contributed by atoms with Gasteiger partial charge in [-0.2, -0.15) is 0 Å². The second-order valence-corrected chi connectivity index (χ2v) is 10.2. The number of aryl methyl sites for hydroxylation is 4. The highest BCUT2D eigenvalue weighted by molar-refractivity contribution is 7.99. The van der Waals surface area contributed by atoms with Gasteiger partial charge in [0, 0.05) is 17.5 Å². The minimum atomic E-state index is -0.0855. The molecule has 0 aliphatic carbocycles. The lowest BCUT2D eigenvalue weighted by molar-refractivity contribution is -0.113. The van der Waals surface area contributed by atoms with Gasteiger partial charge in [-0.1, -0.05) is 66.4 Å². The molecule has 0 saturated heterocycles. The summed E-state index contributed by atoms with van der Waals surface area (Å²) in [6.45, 7) is 5.00. The monoisotopic (exact) mass is 498 g/mol. The van der Waals surface area contributed by atoms with E-state index in [4.69, 9.17) is 4.98 Å². The Hall–Kier alpha value is -3.42. The van der Waals surface area contributed by atoms with Gasteiger partial charge in [-0.15, -0.1) is 11.3 Å². The first-order valence-electron chi connectivity index (χ1n) is 11.5. The SMILES string of the molecule is Cc1ccc(-c2csc(NC(=O)CSc3nc4ccccc4n3CCc3ccccc3)n2)cc1C. The molecule has 35 heavy (non-hydrogen) atoms. The van der Waals surface area contributed by atoms with Crippen LogP contribution in [0.5, 0.6) is 0 Å². The zero-order valence-corrected chi connectivity index (χ0v) is 21.3. The highest BCUT2D eigenvalue weighted by atomic mass is 32.2. The summed E-state index contributed by atoms with van der Waals surface area (Å²) in [5.41, 5.74) is 7.74. The largest absolute Gasteiger partial charge is 0.319 e. The van der Waals surface area contributed by atoms with E-state index in [2.05, 4.69) is 77.2 Å². The lowest BCUT2D eigenvalue weighted by Crippen LogP contribution is -2.14. The lowest BCUT2D eigenvalue weighted by atomic mass is 10.1. The van der Waals surface area contributed by atoms with E-state index in [0.717, 1.165) is 40.4 Å². The molecule has 5 nitrogen and oxygen atoms in total. The Morgan fingerprint density at radius 3 is 2.60 bits per heavy atom. The van der Waals surface area contributed by atoms with Crippen molar-refractivity contribution in [3.05, 3.63) is 94.9 Å². The third-order valence-electron chi connectivity index (χ3n) is 5.97. The van der Waals surface area contributed by atoms with Crippen molar-refractivity contribution in [1.29, 1.82) is 0 Å². The van der Waals surface area contributed by atoms with Gasteiger partial charge < -0.3 is 9.88 Å². The molecule has 7 heteroatoms. The molecule has 1 amide bonds. The number of thioether (sulfide) groups is 1. The van der Waals surface area contributed by atoms with Crippen LogP contribution in [0.3, 0.4) is 0 Å². The van der Waals surface area contributed by atoms with Crippen molar-refractivity contribution in [1.82, 2.24) is 14.5 Å². The van der Waals surface area contributed by atoms with E-state index in [-0.39, 0.29) is 11.7 Å². The maximum Gasteiger partial charge on any atom is 0.236 e. The van der Waals surface area contributed by atoms with Gasteiger partial charge in [0.1, 0.15) is 0 Å². The second kappa shape index (κ2) is 10.5. The number of hydrogen-bond donors (Lipinski definition) is 1. The number of para-hydroxylation sites is 2. The number of aromatic nitrogens is 3. The number of amides is 1. The van der Waals surface area contributed by atoms with Gasteiger partial charge in [0.15, 0.2) is 10.3 Å². The molecule has 0 aliphatic heterocycles. The predicted octanol–water partition coefficient (Wildman–Crippen LogP) is 6.75. The molecule has 5 aromatic rings. The molecule has 2 aromatic heterocycles. The standard InChI is InChI=1S/C28H26N4OS2/c1-19-12-13-22(16-20(19)2)24-17-34-27(29-24)31-26(33)18-35-28-30-23-10-6-7-11-25(23)32(28)15-14-21-8-4-3-5-9-21/h3-13,16-17H,14-15,18H2,1-2H3,(H,29,31,33). The Labute approximate surface area is 213 Å². The Balaban J connectivity index is 1.26. The Morgan fingerprint density at radius 1 is 0.971 bits per heavy atom. The molecule has 0 unspecified atom stereocenters. The van der Waals surface area contributed by atoms with Crippen LogP contribution >= 0.6 is 23.1 Å². The number of anilines is 1. The molecular formula is C28H26N4OS2. The average Bonchev–Trinajstić information content (AvgIpc) is 3.48. The maximum absolute atomic E-state index is 12.7. The number of nitrogens with one attached hydrogen (secondary N) is 1. The summed E-state index contributed by atoms with van der Waals surface area (Å²) in [6, 6.07) is 24.9. The summed E-state index contributed by atoms with van der Waals surface area (Å²) < 4.78 is 2.21. The number of nitrogens with zero attached hydrogens (tertiary/aromatic N) is 3. The van der Waals surface area contributed by atoms with Crippen molar-refractivity contribution < 1.29 is 4.79 Å². The number of thiazole rings is 1. The first kappa shape index (κ1) is 23.3. The number of hydrogen-bond acceptors (Lipinski definition) is 5. The summed E-state index contributed by atoms with van der Waals surface area (Å²) in [4.78, 5) is 22.1. The summed E-state index contributed by atoms with van der Waals surface area (Å²) in [5.74, 6) is 0.186. The van der Waals surface area contributed by atoms with Crippen molar-refractivity contribution in [3.63, 3.8) is 0 Å². The minimum absolute atomic E-state index is 0.0855. The van der Waals surface area contributed by atoms with Gasteiger partial charge >= 0.3 is 0 Å². The lowest BCUT2D eigenvalue weighted by Gasteiger charge is -2.09. The molecular weight excluding hydrogens is 472 g/mol. The van der Waals surface area contributed by atoms with Gasteiger partial charge in [0.05, 0.1) is 22.5 Å². The van der Waals surface area contributed by atoms with Crippen LogP contribution in [-0.2, 0) is 17.8 Å². The smallest absolute Gasteiger partial charge is 0.236 e. The second-order valence-electron chi connectivity index (χ2n) is 8.44. The molecule has 0 saturated carbocycles. The van der Waals surface area contributed by atoms with Crippen LogP contribution in [0.1, 0.15) is 16.7 Å². The molecule has 0 atom stereocenters. The van der Waals surface area contributed by atoms with Crippen LogP contribution in [0.25, 0.3) is 22.3 Å². The third kappa shape index (κ3) is 5.47. The molecule has 1 N–H and O–H groups in total.